The molecule has 0 saturated heterocycles. The number of thiophene rings is 1. The summed E-state index contributed by atoms with van der Waals surface area (Å²) < 4.78 is 12.6. The molecule has 1 heterocycles. The largest absolute Gasteiger partial charge is 0.493 e. The molecule has 1 N–H and O–H groups in total. The molecule has 1 aromatic heterocycles. The van der Waals surface area contributed by atoms with Gasteiger partial charge in [0, 0.05) is 32.4 Å². The fraction of sp³-hybridized carbons (Fsp3) is 0.194. The van der Waals surface area contributed by atoms with Gasteiger partial charge in [-0.15, -0.1) is 11.3 Å². The molecular weight excluding hydrogens is 574 g/mol. The minimum absolute atomic E-state index is 0.149. The molecule has 3 aromatic carbocycles. The summed E-state index contributed by atoms with van der Waals surface area (Å²) >= 11 is 5.13. The fourth-order valence-electron chi connectivity index (χ4n) is 4.62. The Hall–Kier alpha value is -3.93. The number of carbonyl (C=O) groups is 1. The van der Waals surface area contributed by atoms with Gasteiger partial charge in [0.2, 0.25) is 0 Å². The van der Waals surface area contributed by atoms with Gasteiger partial charge in [-0.2, -0.15) is 5.26 Å². The van der Waals surface area contributed by atoms with E-state index in [1.54, 1.807) is 30.7 Å². The first-order valence-electron chi connectivity index (χ1n) is 12.6. The molecule has 39 heavy (non-hydrogen) atoms. The molecule has 6 nitrogen and oxygen atoms in total. The molecule has 0 radical (unpaired) electrons. The highest BCUT2D eigenvalue weighted by molar-refractivity contribution is 9.10. The molecule has 0 fully saturated rings. The molecule has 5 rings (SSSR count). The van der Waals surface area contributed by atoms with Crippen molar-refractivity contribution in [1.82, 2.24) is 0 Å². The van der Waals surface area contributed by atoms with Crippen LogP contribution in [0.25, 0.3) is 0 Å². The van der Waals surface area contributed by atoms with Crippen LogP contribution in [-0.2, 0) is 19.4 Å². The highest BCUT2D eigenvalue weighted by Crippen LogP contribution is 2.41. The molecule has 4 aromatic rings. The van der Waals surface area contributed by atoms with E-state index >= 15 is 0 Å². The van der Waals surface area contributed by atoms with Gasteiger partial charge >= 0.3 is 0 Å². The van der Waals surface area contributed by atoms with Gasteiger partial charge in [0.25, 0.3) is 5.91 Å². The van der Waals surface area contributed by atoms with Gasteiger partial charge in [0.1, 0.15) is 11.6 Å². The smallest absolute Gasteiger partial charge is 0.259 e. The van der Waals surface area contributed by atoms with Crippen molar-refractivity contribution >= 4 is 50.1 Å². The summed E-state index contributed by atoms with van der Waals surface area (Å²) in [6.07, 6.45) is 5.72. The molecule has 1 aliphatic rings. The highest BCUT2D eigenvalue weighted by Gasteiger charge is 2.25. The van der Waals surface area contributed by atoms with E-state index in [1.807, 2.05) is 60.7 Å². The van der Waals surface area contributed by atoms with Crippen molar-refractivity contribution in [2.75, 3.05) is 12.4 Å². The predicted molar refractivity (Wildman–Crippen MR) is 159 cm³/mol. The number of aryl methyl sites for hydroxylation is 1. The number of hydrogen-bond acceptors (Lipinski definition) is 6. The maximum atomic E-state index is 13.5. The Balaban J connectivity index is 1.50. The van der Waals surface area contributed by atoms with E-state index in [9.17, 15) is 10.1 Å². The zero-order valence-electron chi connectivity index (χ0n) is 21.4. The zero-order chi connectivity index (χ0) is 27.2. The molecule has 8 heteroatoms. The van der Waals surface area contributed by atoms with Crippen LogP contribution in [0.5, 0.6) is 11.5 Å². The number of aliphatic imine (C=N–C) groups is 1. The number of anilines is 1. The zero-order valence-corrected chi connectivity index (χ0v) is 23.8. The second-order valence-electron chi connectivity index (χ2n) is 9.05. The number of amides is 1. The highest BCUT2D eigenvalue weighted by atomic mass is 79.9. The number of nitrogens with one attached hydrogen (secondary N) is 1. The van der Waals surface area contributed by atoms with Crippen molar-refractivity contribution < 1.29 is 14.3 Å². The number of carbonyl (C=O) groups excluding carboxylic acids is 1. The van der Waals surface area contributed by atoms with Gasteiger partial charge in [-0.05, 0) is 61.6 Å². The van der Waals surface area contributed by atoms with Crippen molar-refractivity contribution in [3.63, 3.8) is 0 Å². The van der Waals surface area contributed by atoms with E-state index in [4.69, 9.17) is 14.5 Å². The van der Waals surface area contributed by atoms with Crippen LogP contribution in [0.2, 0.25) is 0 Å². The molecule has 1 amide bonds. The van der Waals surface area contributed by atoms with Gasteiger partial charge in [-0.3, -0.25) is 4.79 Å². The summed E-state index contributed by atoms with van der Waals surface area (Å²) in [5, 5.41) is 13.2. The Labute approximate surface area is 240 Å². The monoisotopic (exact) mass is 599 g/mol. The number of hydrogen-bond donors (Lipinski definition) is 1. The van der Waals surface area contributed by atoms with Crippen LogP contribution < -0.4 is 14.8 Å². The molecule has 0 unspecified atom stereocenters. The normalized spacial score (nSPS) is 12.5. The maximum Gasteiger partial charge on any atom is 0.259 e. The minimum Gasteiger partial charge on any atom is -0.493 e. The molecule has 196 valence electrons. The van der Waals surface area contributed by atoms with E-state index in [0.29, 0.717) is 33.2 Å². The standard InChI is InChI=1S/C31H26BrN3O3S/c1-37-26-16-23(32)15-22(29(26)38-19-21-10-6-5-9-20(21)17-33)18-34-31-28(25-13-7-8-14-27(25)39-31)30(36)35-24-11-3-2-4-12-24/h2-6,9-12,15-16,18H,7-8,13-14,19H2,1H3,(H,35,36). The lowest BCUT2D eigenvalue weighted by Crippen LogP contribution is -2.14. The first kappa shape index (κ1) is 26.7. The van der Waals surface area contributed by atoms with Gasteiger partial charge < -0.3 is 14.8 Å². The van der Waals surface area contributed by atoms with Crippen molar-refractivity contribution in [3.05, 3.63) is 104 Å². The van der Waals surface area contributed by atoms with Gasteiger partial charge in [-0.25, -0.2) is 4.99 Å². The first-order chi connectivity index (χ1) is 19.1. The van der Waals surface area contributed by atoms with Crippen molar-refractivity contribution in [2.45, 2.75) is 32.3 Å². The average molecular weight is 601 g/mol. The lowest BCUT2D eigenvalue weighted by Gasteiger charge is -2.15. The van der Waals surface area contributed by atoms with E-state index in [0.717, 1.165) is 47.0 Å². The lowest BCUT2D eigenvalue weighted by molar-refractivity contribution is 0.102. The maximum absolute atomic E-state index is 13.5. The summed E-state index contributed by atoms with van der Waals surface area (Å²) in [5.74, 6) is 0.894. The van der Waals surface area contributed by atoms with Crippen molar-refractivity contribution in [3.8, 4) is 17.6 Å². The molecule has 0 spiro atoms. The van der Waals surface area contributed by atoms with Gasteiger partial charge in [-0.1, -0.05) is 52.3 Å². The SMILES string of the molecule is COc1cc(Br)cc(C=Nc2sc3c(c2C(=O)Nc2ccccc2)CCCC3)c1OCc1ccccc1C#N. The molecule has 0 aliphatic heterocycles. The molecule has 1 aliphatic carbocycles. The number of benzene rings is 3. The summed E-state index contributed by atoms with van der Waals surface area (Å²) in [6.45, 7) is 0.195. The second kappa shape index (κ2) is 12.3. The quantitative estimate of drug-likeness (QED) is 0.209. The number of fused-ring (bicyclic) bond motifs is 1. The number of rotatable bonds is 8. The topological polar surface area (TPSA) is 83.7 Å². The predicted octanol–water partition coefficient (Wildman–Crippen LogP) is 7.85. The van der Waals surface area contributed by atoms with Crippen LogP contribution in [0.1, 0.15) is 50.3 Å². The third kappa shape index (κ3) is 6.06. The number of para-hydroxylation sites is 1. The van der Waals surface area contributed by atoms with Crippen molar-refractivity contribution in [2.24, 2.45) is 4.99 Å². The van der Waals surface area contributed by atoms with Crippen LogP contribution in [-0.4, -0.2) is 19.2 Å². The van der Waals surface area contributed by atoms with Crippen LogP contribution in [0.3, 0.4) is 0 Å². The molecule has 0 atom stereocenters. The number of methoxy groups -OCH3 is 1. The minimum atomic E-state index is -0.149. The first-order valence-corrected chi connectivity index (χ1v) is 14.2. The average Bonchev–Trinajstić information content (AvgIpc) is 3.34. The molecular formula is C31H26BrN3O3S. The third-order valence-corrected chi connectivity index (χ3v) is 8.17. The molecule has 0 bridgehead atoms. The molecule has 0 saturated carbocycles. The van der Waals surface area contributed by atoms with Crippen LogP contribution in [0, 0.1) is 11.3 Å². The summed E-state index contributed by atoms with van der Waals surface area (Å²) in [7, 11) is 1.58. The summed E-state index contributed by atoms with van der Waals surface area (Å²) in [4.78, 5) is 19.5. The lowest BCUT2D eigenvalue weighted by atomic mass is 9.95. The Morgan fingerprint density at radius 3 is 2.69 bits per heavy atom. The van der Waals surface area contributed by atoms with Crippen LogP contribution in [0.15, 0.2) is 76.2 Å². The number of halogens is 1. The Kier molecular flexibility index (Phi) is 8.40. The second-order valence-corrected chi connectivity index (χ2v) is 11.1. The number of nitriles is 1. The van der Waals surface area contributed by atoms with Gasteiger partial charge in [0.05, 0.1) is 24.3 Å². The van der Waals surface area contributed by atoms with Gasteiger partial charge in [0.15, 0.2) is 11.5 Å². The summed E-state index contributed by atoms with van der Waals surface area (Å²) in [6, 6.07) is 22.7. The van der Waals surface area contributed by atoms with Crippen molar-refractivity contribution in [1.29, 1.82) is 5.26 Å². The van der Waals surface area contributed by atoms with E-state index in [-0.39, 0.29) is 12.5 Å². The third-order valence-electron chi connectivity index (χ3n) is 6.51. The summed E-state index contributed by atoms with van der Waals surface area (Å²) in [5.41, 5.74) is 4.51. The van der Waals surface area contributed by atoms with Crippen LogP contribution in [0.4, 0.5) is 10.7 Å². The Morgan fingerprint density at radius 2 is 1.90 bits per heavy atom. The number of nitrogens with zero attached hydrogens (tertiary/aromatic N) is 2. The fourth-order valence-corrected chi connectivity index (χ4v) is 6.30. The Morgan fingerprint density at radius 1 is 1.13 bits per heavy atom. The van der Waals surface area contributed by atoms with E-state index < -0.39 is 0 Å². The Bertz CT molecular complexity index is 1570. The van der Waals surface area contributed by atoms with E-state index in [2.05, 4.69) is 27.3 Å². The van der Waals surface area contributed by atoms with Crippen LogP contribution >= 0.6 is 27.3 Å². The van der Waals surface area contributed by atoms with E-state index in [1.165, 1.54) is 4.88 Å². The number of ether oxygens (including phenoxy) is 2.